The summed E-state index contributed by atoms with van der Waals surface area (Å²) >= 11 is 0. The van der Waals surface area contributed by atoms with Gasteiger partial charge in [0.25, 0.3) is 5.91 Å². The van der Waals surface area contributed by atoms with Gasteiger partial charge in [-0.25, -0.2) is 4.98 Å². The molecular formula is C13H16N4O. The number of fused-ring (bicyclic) bond motifs is 1. The van der Waals surface area contributed by atoms with Crippen LogP contribution in [-0.2, 0) is 7.05 Å². The van der Waals surface area contributed by atoms with Gasteiger partial charge in [-0.15, -0.1) is 0 Å². The van der Waals surface area contributed by atoms with E-state index in [1.165, 1.54) is 0 Å². The maximum atomic E-state index is 12.3. The van der Waals surface area contributed by atoms with E-state index in [1.807, 2.05) is 24.9 Å². The monoisotopic (exact) mass is 244 g/mol. The zero-order valence-electron chi connectivity index (χ0n) is 10.7. The first-order valence-corrected chi connectivity index (χ1v) is 6.25. The van der Waals surface area contributed by atoms with Crippen molar-refractivity contribution in [1.29, 1.82) is 0 Å². The number of nitrogens with zero attached hydrogens (tertiary/aromatic N) is 4. The van der Waals surface area contributed by atoms with Gasteiger partial charge in [-0.05, 0) is 25.8 Å². The van der Waals surface area contributed by atoms with E-state index in [2.05, 4.69) is 10.1 Å². The second kappa shape index (κ2) is 4.08. The van der Waals surface area contributed by atoms with Crippen molar-refractivity contribution in [3.63, 3.8) is 0 Å². The van der Waals surface area contributed by atoms with Gasteiger partial charge < -0.3 is 4.90 Å². The van der Waals surface area contributed by atoms with Crippen LogP contribution in [0.3, 0.4) is 0 Å². The summed E-state index contributed by atoms with van der Waals surface area (Å²) in [5, 5.41) is 5.28. The molecule has 18 heavy (non-hydrogen) atoms. The van der Waals surface area contributed by atoms with Gasteiger partial charge in [0.05, 0.1) is 11.3 Å². The van der Waals surface area contributed by atoms with Gasteiger partial charge in [0.1, 0.15) is 0 Å². The minimum Gasteiger partial charge on any atom is -0.339 e. The molecule has 5 heteroatoms. The Morgan fingerprint density at radius 3 is 2.78 bits per heavy atom. The molecule has 0 atom stereocenters. The third kappa shape index (κ3) is 1.66. The van der Waals surface area contributed by atoms with Crippen LogP contribution >= 0.6 is 0 Å². The lowest BCUT2D eigenvalue weighted by molar-refractivity contribution is 0.0792. The predicted octanol–water partition coefficient (Wildman–Crippen LogP) is 1.51. The average molecular weight is 244 g/mol. The SMILES string of the molecule is Cc1nn(C)c2ncc(C(=O)N3CCCC3)cc12. The Hall–Kier alpha value is -1.91. The van der Waals surface area contributed by atoms with E-state index >= 15 is 0 Å². The van der Waals surface area contributed by atoms with E-state index in [9.17, 15) is 4.79 Å². The fourth-order valence-electron chi connectivity index (χ4n) is 2.53. The topological polar surface area (TPSA) is 51.0 Å². The summed E-state index contributed by atoms with van der Waals surface area (Å²) in [4.78, 5) is 18.5. The first kappa shape index (κ1) is 11.2. The summed E-state index contributed by atoms with van der Waals surface area (Å²) in [6.07, 6.45) is 3.87. The summed E-state index contributed by atoms with van der Waals surface area (Å²) in [7, 11) is 1.87. The lowest BCUT2D eigenvalue weighted by Crippen LogP contribution is -2.27. The second-order valence-electron chi connectivity index (χ2n) is 4.80. The number of carbonyl (C=O) groups is 1. The minimum atomic E-state index is 0.0881. The van der Waals surface area contributed by atoms with E-state index in [4.69, 9.17) is 0 Å². The highest BCUT2D eigenvalue weighted by atomic mass is 16.2. The third-order valence-electron chi connectivity index (χ3n) is 3.50. The molecule has 2 aromatic rings. The molecule has 0 N–H and O–H groups in total. The molecule has 0 spiro atoms. The molecule has 1 fully saturated rings. The van der Waals surface area contributed by atoms with Crippen LogP contribution in [0, 0.1) is 6.92 Å². The highest BCUT2D eigenvalue weighted by molar-refractivity contribution is 5.97. The predicted molar refractivity (Wildman–Crippen MR) is 68.4 cm³/mol. The molecule has 1 amide bonds. The highest BCUT2D eigenvalue weighted by Gasteiger charge is 2.20. The van der Waals surface area contributed by atoms with Crippen molar-refractivity contribution in [2.45, 2.75) is 19.8 Å². The molecule has 0 saturated carbocycles. The molecule has 94 valence electrons. The average Bonchev–Trinajstić information content (AvgIpc) is 2.98. The molecule has 3 heterocycles. The molecule has 0 radical (unpaired) electrons. The van der Waals surface area contributed by atoms with Crippen molar-refractivity contribution in [2.24, 2.45) is 7.05 Å². The van der Waals surface area contributed by atoms with Gasteiger partial charge in [-0.1, -0.05) is 0 Å². The first-order chi connectivity index (χ1) is 8.66. The zero-order valence-corrected chi connectivity index (χ0v) is 10.7. The molecule has 5 nitrogen and oxygen atoms in total. The molecule has 1 saturated heterocycles. The third-order valence-corrected chi connectivity index (χ3v) is 3.50. The Bertz CT molecular complexity index is 611. The summed E-state index contributed by atoms with van der Waals surface area (Å²) in [5.74, 6) is 0.0881. The van der Waals surface area contributed by atoms with Crippen LogP contribution < -0.4 is 0 Å². The molecule has 0 aromatic carbocycles. The van der Waals surface area contributed by atoms with Crippen molar-refractivity contribution < 1.29 is 4.79 Å². The Morgan fingerprint density at radius 2 is 2.06 bits per heavy atom. The van der Waals surface area contributed by atoms with Crippen LogP contribution in [0.2, 0.25) is 0 Å². The molecule has 1 aliphatic rings. The Kier molecular flexibility index (Phi) is 2.54. The highest BCUT2D eigenvalue weighted by Crippen LogP contribution is 2.19. The van der Waals surface area contributed by atoms with Crippen LogP contribution in [0.1, 0.15) is 28.9 Å². The van der Waals surface area contributed by atoms with Crippen molar-refractivity contribution in [3.05, 3.63) is 23.5 Å². The number of hydrogen-bond acceptors (Lipinski definition) is 3. The van der Waals surface area contributed by atoms with E-state index < -0.39 is 0 Å². The molecule has 1 aliphatic heterocycles. The normalized spacial score (nSPS) is 15.6. The van der Waals surface area contributed by atoms with Crippen molar-refractivity contribution in [2.75, 3.05) is 13.1 Å². The maximum Gasteiger partial charge on any atom is 0.255 e. The maximum absolute atomic E-state index is 12.3. The molecule has 0 bridgehead atoms. The van der Waals surface area contributed by atoms with Gasteiger partial charge in [-0.2, -0.15) is 5.10 Å². The van der Waals surface area contributed by atoms with Crippen LogP contribution in [0.15, 0.2) is 12.3 Å². The lowest BCUT2D eigenvalue weighted by Gasteiger charge is -2.14. The van der Waals surface area contributed by atoms with Crippen LogP contribution in [0.5, 0.6) is 0 Å². The Morgan fingerprint density at radius 1 is 1.33 bits per heavy atom. The standard InChI is InChI=1S/C13H16N4O/c1-9-11-7-10(8-14-12(11)16(2)15-9)13(18)17-5-3-4-6-17/h7-8H,3-6H2,1-2H3. The number of rotatable bonds is 1. The summed E-state index contributed by atoms with van der Waals surface area (Å²) < 4.78 is 1.74. The number of likely N-dealkylation sites (tertiary alicyclic amines) is 1. The van der Waals surface area contributed by atoms with Crippen LogP contribution in [0.4, 0.5) is 0 Å². The number of aryl methyl sites for hydroxylation is 2. The number of hydrogen-bond donors (Lipinski definition) is 0. The fourth-order valence-corrected chi connectivity index (χ4v) is 2.53. The van der Waals surface area contributed by atoms with Crippen LogP contribution in [-0.4, -0.2) is 38.7 Å². The number of pyridine rings is 1. The molecule has 0 aliphatic carbocycles. The first-order valence-electron chi connectivity index (χ1n) is 6.25. The van der Waals surface area contributed by atoms with Crippen LogP contribution in [0.25, 0.3) is 11.0 Å². The molecule has 0 unspecified atom stereocenters. The Labute approximate surface area is 105 Å². The van der Waals surface area contributed by atoms with Crippen molar-refractivity contribution in [1.82, 2.24) is 19.7 Å². The quantitative estimate of drug-likeness (QED) is 0.764. The van der Waals surface area contributed by atoms with Gasteiger partial charge in [-0.3, -0.25) is 9.48 Å². The zero-order chi connectivity index (χ0) is 12.7. The van der Waals surface area contributed by atoms with Crippen molar-refractivity contribution in [3.8, 4) is 0 Å². The summed E-state index contributed by atoms with van der Waals surface area (Å²) in [6, 6.07) is 1.91. The number of amides is 1. The van der Waals surface area contributed by atoms with Gasteiger partial charge in [0.2, 0.25) is 0 Å². The van der Waals surface area contributed by atoms with E-state index in [1.54, 1.807) is 10.9 Å². The second-order valence-corrected chi connectivity index (χ2v) is 4.80. The van der Waals surface area contributed by atoms with Gasteiger partial charge >= 0.3 is 0 Å². The number of carbonyl (C=O) groups excluding carboxylic acids is 1. The molecule has 3 rings (SSSR count). The van der Waals surface area contributed by atoms with E-state index in [0.717, 1.165) is 42.7 Å². The fraction of sp³-hybridized carbons (Fsp3) is 0.462. The summed E-state index contributed by atoms with van der Waals surface area (Å²) in [6.45, 7) is 3.67. The largest absolute Gasteiger partial charge is 0.339 e. The molecular weight excluding hydrogens is 228 g/mol. The minimum absolute atomic E-state index is 0.0881. The van der Waals surface area contributed by atoms with Gasteiger partial charge in [0.15, 0.2) is 5.65 Å². The van der Waals surface area contributed by atoms with E-state index in [0.29, 0.717) is 5.56 Å². The van der Waals surface area contributed by atoms with Gasteiger partial charge in [0, 0.05) is 31.7 Å². The van der Waals surface area contributed by atoms with E-state index in [-0.39, 0.29) is 5.91 Å². The molecule has 2 aromatic heterocycles. The lowest BCUT2D eigenvalue weighted by atomic mass is 10.2. The van der Waals surface area contributed by atoms with Crippen molar-refractivity contribution >= 4 is 16.9 Å². The smallest absolute Gasteiger partial charge is 0.255 e. The number of aromatic nitrogens is 3. The summed E-state index contributed by atoms with van der Waals surface area (Å²) in [5.41, 5.74) is 2.40. The Balaban J connectivity index is 2.02.